The number of benzene rings is 8. The van der Waals surface area contributed by atoms with Crippen molar-refractivity contribution in [2.75, 3.05) is 4.90 Å². The summed E-state index contributed by atoms with van der Waals surface area (Å²) in [7, 11) is 0. The van der Waals surface area contributed by atoms with Crippen molar-refractivity contribution in [1.29, 1.82) is 0 Å². The number of anilines is 3. The molecule has 0 saturated carbocycles. The Morgan fingerprint density at radius 3 is 2.04 bits per heavy atom. The molecule has 0 amide bonds. The molecular formula is C49H33NOS. The first-order chi connectivity index (χ1) is 25.6. The van der Waals surface area contributed by atoms with Crippen molar-refractivity contribution in [3.8, 4) is 22.3 Å². The second-order valence-electron chi connectivity index (χ2n) is 14.4. The second kappa shape index (κ2) is 10.9. The minimum absolute atomic E-state index is 0.206. The van der Waals surface area contributed by atoms with Crippen LogP contribution in [-0.4, -0.2) is 0 Å². The molecule has 0 saturated heterocycles. The maximum atomic E-state index is 6.70. The first kappa shape index (κ1) is 29.6. The third kappa shape index (κ3) is 4.06. The molecule has 1 aliphatic rings. The number of rotatable bonds is 4. The summed E-state index contributed by atoms with van der Waals surface area (Å²) in [6.07, 6.45) is 0. The molecule has 2 heterocycles. The maximum absolute atomic E-state index is 6.70. The van der Waals surface area contributed by atoms with Gasteiger partial charge in [-0.3, -0.25) is 0 Å². The normalized spacial score (nSPS) is 13.3. The second-order valence-corrected chi connectivity index (χ2v) is 15.5. The van der Waals surface area contributed by atoms with Gasteiger partial charge in [-0.15, -0.1) is 11.3 Å². The fourth-order valence-corrected chi connectivity index (χ4v) is 10.1. The summed E-state index contributed by atoms with van der Waals surface area (Å²) < 4.78 is 9.29. The van der Waals surface area contributed by atoms with Gasteiger partial charge in [0.15, 0.2) is 0 Å². The highest BCUT2D eigenvalue weighted by molar-refractivity contribution is 7.26. The highest BCUT2D eigenvalue weighted by Crippen LogP contribution is 2.56. The van der Waals surface area contributed by atoms with Gasteiger partial charge in [0.05, 0.1) is 17.1 Å². The molecule has 10 aromatic rings. The van der Waals surface area contributed by atoms with Crippen LogP contribution in [0.4, 0.5) is 17.1 Å². The van der Waals surface area contributed by atoms with Crippen molar-refractivity contribution in [2.24, 2.45) is 0 Å². The zero-order chi connectivity index (χ0) is 34.6. The highest BCUT2D eigenvalue weighted by Gasteiger charge is 2.39. The van der Waals surface area contributed by atoms with Gasteiger partial charge in [0.2, 0.25) is 0 Å². The lowest BCUT2D eigenvalue weighted by molar-refractivity contribution is 0.661. The van der Waals surface area contributed by atoms with Crippen molar-refractivity contribution in [3.63, 3.8) is 0 Å². The quantitative estimate of drug-likeness (QED) is 0.184. The minimum Gasteiger partial charge on any atom is -0.455 e. The zero-order valence-electron chi connectivity index (χ0n) is 28.9. The Morgan fingerprint density at radius 2 is 1.12 bits per heavy atom. The van der Waals surface area contributed by atoms with E-state index in [1.807, 2.05) is 11.3 Å². The van der Waals surface area contributed by atoms with Gasteiger partial charge in [-0.2, -0.15) is 0 Å². The van der Waals surface area contributed by atoms with E-state index in [0.717, 1.165) is 44.1 Å². The number of fused-ring (bicyclic) bond motifs is 11. The topological polar surface area (TPSA) is 16.4 Å². The summed E-state index contributed by atoms with van der Waals surface area (Å²) in [4.78, 5) is 2.56. The Morgan fingerprint density at radius 1 is 0.462 bits per heavy atom. The van der Waals surface area contributed by atoms with Gasteiger partial charge >= 0.3 is 0 Å². The number of furan rings is 1. The van der Waals surface area contributed by atoms with E-state index in [1.54, 1.807) is 0 Å². The van der Waals surface area contributed by atoms with E-state index in [2.05, 4.69) is 183 Å². The van der Waals surface area contributed by atoms with Crippen LogP contribution in [0, 0.1) is 0 Å². The largest absolute Gasteiger partial charge is 0.455 e. The lowest BCUT2D eigenvalue weighted by Gasteiger charge is -2.34. The predicted octanol–water partition coefficient (Wildman–Crippen LogP) is 14.6. The molecular weight excluding hydrogens is 651 g/mol. The van der Waals surface area contributed by atoms with E-state index in [1.165, 1.54) is 59.2 Å². The van der Waals surface area contributed by atoms with Crippen LogP contribution in [0.1, 0.15) is 25.0 Å². The molecule has 8 aromatic carbocycles. The summed E-state index contributed by atoms with van der Waals surface area (Å²) in [5.74, 6) is 0. The first-order valence-electron chi connectivity index (χ1n) is 17.9. The fraction of sp³-hybridized carbons (Fsp3) is 0.0612. The minimum atomic E-state index is -0.206. The Kier molecular flexibility index (Phi) is 6.21. The summed E-state index contributed by atoms with van der Waals surface area (Å²) in [5, 5.41) is 7.15. The van der Waals surface area contributed by atoms with Crippen molar-refractivity contribution in [3.05, 3.63) is 175 Å². The molecule has 0 fully saturated rings. The molecule has 0 aliphatic heterocycles. The molecule has 1 aliphatic carbocycles. The molecule has 0 bridgehead atoms. The van der Waals surface area contributed by atoms with Crippen LogP contribution < -0.4 is 4.90 Å². The van der Waals surface area contributed by atoms with Crippen molar-refractivity contribution in [1.82, 2.24) is 0 Å². The Balaban J connectivity index is 1.25. The Labute approximate surface area is 305 Å². The molecule has 3 heteroatoms. The monoisotopic (exact) mass is 683 g/mol. The number of hydrogen-bond donors (Lipinski definition) is 0. The molecule has 2 nitrogen and oxygen atoms in total. The molecule has 2 aromatic heterocycles. The van der Waals surface area contributed by atoms with E-state index in [-0.39, 0.29) is 5.41 Å². The third-order valence-corrected chi connectivity index (χ3v) is 12.4. The van der Waals surface area contributed by atoms with E-state index < -0.39 is 0 Å². The zero-order valence-corrected chi connectivity index (χ0v) is 29.7. The number of hydrogen-bond acceptors (Lipinski definition) is 3. The van der Waals surface area contributed by atoms with Gasteiger partial charge in [0.25, 0.3) is 0 Å². The summed E-state index contributed by atoms with van der Waals surface area (Å²) in [5.41, 5.74) is 12.8. The van der Waals surface area contributed by atoms with Crippen LogP contribution in [0.2, 0.25) is 0 Å². The third-order valence-electron chi connectivity index (χ3n) is 11.2. The maximum Gasteiger partial charge on any atom is 0.143 e. The number of thiophene rings is 1. The van der Waals surface area contributed by atoms with Crippen molar-refractivity contribution < 1.29 is 4.42 Å². The highest BCUT2D eigenvalue weighted by atomic mass is 32.1. The lowest BCUT2D eigenvalue weighted by Crippen LogP contribution is -2.21. The van der Waals surface area contributed by atoms with Crippen molar-refractivity contribution >= 4 is 81.3 Å². The average Bonchev–Trinajstić information content (AvgIpc) is 3.84. The molecule has 246 valence electrons. The lowest BCUT2D eigenvalue weighted by atomic mass is 9.81. The van der Waals surface area contributed by atoms with E-state index in [0.29, 0.717) is 0 Å². The van der Waals surface area contributed by atoms with Gasteiger partial charge in [0.1, 0.15) is 11.2 Å². The van der Waals surface area contributed by atoms with Crippen LogP contribution >= 0.6 is 11.3 Å². The molecule has 0 unspecified atom stereocenters. The molecule has 0 N–H and O–H groups in total. The summed E-state index contributed by atoms with van der Waals surface area (Å²) in [6.45, 7) is 4.77. The molecule has 0 radical (unpaired) electrons. The smallest absolute Gasteiger partial charge is 0.143 e. The summed E-state index contributed by atoms with van der Waals surface area (Å²) in [6, 6.07) is 59.8. The van der Waals surface area contributed by atoms with Crippen LogP contribution in [0.15, 0.2) is 168 Å². The SMILES string of the molecule is CC1(C)c2ccccc2-c2cccc(N(c3ccccc3-c3cccc4oc5c6ccccc6ccc5c34)c3cccc4sc5ccccc5c34)c21. The molecule has 0 spiro atoms. The van der Waals surface area contributed by atoms with Gasteiger partial charge in [-0.05, 0) is 75.7 Å². The van der Waals surface area contributed by atoms with E-state index in [9.17, 15) is 0 Å². The standard InChI is InChI=1S/C49H33NOS/c1-49(2)38-21-8-5-16-32(38)35-20-11-24-41(47(35)49)50(40-23-13-27-44-46(40)36-18-7-10-26-43(36)52-44)39-22-9-6-17-33(39)34-19-12-25-42-45(34)37-29-28-30-14-3-4-15-31(30)48(37)51-42/h3-29H,1-2H3. The van der Waals surface area contributed by atoms with Gasteiger partial charge < -0.3 is 9.32 Å². The van der Waals surface area contributed by atoms with Crippen LogP contribution in [-0.2, 0) is 5.41 Å². The molecule has 11 rings (SSSR count). The predicted molar refractivity (Wildman–Crippen MR) is 222 cm³/mol. The number of para-hydroxylation sites is 1. The molecule has 52 heavy (non-hydrogen) atoms. The molecule has 0 atom stereocenters. The van der Waals surface area contributed by atoms with Gasteiger partial charge in [-0.1, -0.05) is 135 Å². The fourth-order valence-electron chi connectivity index (χ4n) is 9.01. The van der Waals surface area contributed by atoms with Crippen LogP contribution in [0.25, 0.3) is 75.1 Å². The summed E-state index contributed by atoms with van der Waals surface area (Å²) >= 11 is 1.87. The number of nitrogens with zero attached hydrogens (tertiary/aromatic N) is 1. The average molecular weight is 684 g/mol. The van der Waals surface area contributed by atoms with Crippen molar-refractivity contribution in [2.45, 2.75) is 19.3 Å². The van der Waals surface area contributed by atoms with Crippen LogP contribution in [0.5, 0.6) is 0 Å². The Bertz CT molecular complexity index is 3070. The Hall–Kier alpha value is -6.16. The van der Waals surface area contributed by atoms with Gasteiger partial charge in [-0.25, -0.2) is 0 Å². The van der Waals surface area contributed by atoms with E-state index >= 15 is 0 Å². The van der Waals surface area contributed by atoms with Crippen LogP contribution in [0.3, 0.4) is 0 Å². The van der Waals surface area contributed by atoms with E-state index in [4.69, 9.17) is 4.42 Å². The van der Waals surface area contributed by atoms with Gasteiger partial charge in [0, 0.05) is 47.3 Å². The first-order valence-corrected chi connectivity index (χ1v) is 18.8.